The van der Waals surface area contributed by atoms with E-state index in [9.17, 15) is 0 Å². The van der Waals surface area contributed by atoms with Crippen molar-refractivity contribution < 1.29 is 0 Å². The molecule has 0 spiro atoms. The van der Waals surface area contributed by atoms with Crippen LogP contribution >= 0.6 is 0 Å². The van der Waals surface area contributed by atoms with Gasteiger partial charge in [0.05, 0.1) is 11.4 Å². The van der Waals surface area contributed by atoms with Crippen molar-refractivity contribution in [1.82, 2.24) is 9.97 Å². The third-order valence-corrected chi connectivity index (χ3v) is 3.82. The molecule has 0 fully saturated rings. The fraction of sp³-hybridized carbons (Fsp3) is 0.0526. The van der Waals surface area contributed by atoms with E-state index < -0.39 is 0 Å². The molecule has 100 valence electrons. The summed E-state index contributed by atoms with van der Waals surface area (Å²) < 4.78 is 0. The molecule has 1 heterocycles. The average molecular weight is 270 g/mol. The molecule has 1 aromatic heterocycles. The van der Waals surface area contributed by atoms with Crippen molar-refractivity contribution in [3.8, 4) is 22.4 Å². The molecule has 0 saturated carbocycles. The van der Waals surface area contributed by atoms with E-state index in [0.717, 1.165) is 23.4 Å². The van der Waals surface area contributed by atoms with Gasteiger partial charge < -0.3 is 0 Å². The van der Waals surface area contributed by atoms with E-state index in [4.69, 9.17) is 0 Å². The molecule has 0 amide bonds. The highest BCUT2D eigenvalue weighted by Gasteiger charge is 2.14. The van der Waals surface area contributed by atoms with Gasteiger partial charge in [-0.05, 0) is 29.7 Å². The predicted molar refractivity (Wildman–Crippen MR) is 85.6 cm³/mol. The fourth-order valence-corrected chi connectivity index (χ4v) is 2.78. The first kappa shape index (κ1) is 12.0. The van der Waals surface area contributed by atoms with Crippen molar-refractivity contribution in [1.29, 1.82) is 0 Å². The Morgan fingerprint density at radius 2 is 1.57 bits per heavy atom. The number of fused-ring (bicyclic) bond motifs is 1. The van der Waals surface area contributed by atoms with E-state index in [1.54, 1.807) is 6.33 Å². The van der Waals surface area contributed by atoms with Gasteiger partial charge in [-0.2, -0.15) is 0 Å². The number of hydrogen-bond acceptors (Lipinski definition) is 2. The van der Waals surface area contributed by atoms with Crippen LogP contribution in [0, 0.1) is 0 Å². The molecule has 0 bridgehead atoms. The Balaban J connectivity index is 1.83. The van der Waals surface area contributed by atoms with Crippen LogP contribution in [0.2, 0.25) is 0 Å². The average Bonchev–Trinajstić information content (AvgIpc) is 3.04. The summed E-state index contributed by atoms with van der Waals surface area (Å²) in [5, 5.41) is 0. The van der Waals surface area contributed by atoms with Gasteiger partial charge in [-0.1, -0.05) is 54.6 Å². The molecule has 0 aliphatic heterocycles. The Labute approximate surface area is 123 Å². The third-order valence-electron chi connectivity index (χ3n) is 3.82. The van der Waals surface area contributed by atoms with Crippen LogP contribution in [-0.4, -0.2) is 9.97 Å². The SMILES string of the molecule is C1=Cc2ncnc(-c3cccc(-c4ccccc4)c3)c2C1. The number of benzene rings is 2. The lowest BCUT2D eigenvalue weighted by atomic mass is 9.99. The van der Waals surface area contributed by atoms with Gasteiger partial charge in [0.15, 0.2) is 0 Å². The number of hydrogen-bond donors (Lipinski definition) is 0. The van der Waals surface area contributed by atoms with E-state index in [2.05, 4.69) is 70.7 Å². The topological polar surface area (TPSA) is 25.8 Å². The van der Waals surface area contributed by atoms with Crippen LogP contribution in [0.5, 0.6) is 0 Å². The number of aromatic nitrogens is 2. The quantitative estimate of drug-likeness (QED) is 0.690. The molecule has 0 radical (unpaired) electrons. The molecule has 0 unspecified atom stereocenters. The number of nitrogens with zero attached hydrogens (tertiary/aromatic N) is 2. The van der Waals surface area contributed by atoms with Gasteiger partial charge in [0, 0.05) is 11.1 Å². The van der Waals surface area contributed by atoms with Crippen molar-refractivity contribution in [2.24, 2.45) is 0 Å². The lowest BCUT2D eigenvalue weighted by Crippen LogP contribution is -1.95. The molecule has 21 heavy (non-hydrogen) atoms. The molecular weight excluding hydrogens is 256 g/mol. The summed E-state index contributed by atoms with van der Waals surface area (Å²) in [7, 11) is 0. The molecule has 1 aliphatic rings. The third kappa shape index (κ3) is 2.15. The second-order valence-corrected chi connectivity index (χ2v) is 5.14. The normalized spacial score (nSPS) is 12.4. The first-order valence-electron chi connectivity index (χ1n) is 7.08. The molecule has 3 aromatic rings. The van der Waals surface area contributed by atoms with E-state index in [-0.39, 0.29) is 0 Å². The Morgan fingerprint density at radius 1 is 0.762 bits per heavy atom. The van der Waals surface area contributed by atoms with Gasteiger partial charge in [-0.3, -0.25) is 0 Å². The first-order valence-corrected chi connectivity index (χ1v) is 7.08. The van der Waals surface area contributed by atoms with E-state index >= 15 is 0 Å². The van der Waals surface area contributed by atoms with Crippen LogP contribution < -0.4 is 0 Å². The van der Waals surface area contributed by atoms with Crippen LogP contribution in [0.3, 0.4) is 0 Å². The monoisotopic (exact) mass is 270 g/mol. The van der Waals surface area contributed by atoms with Gasteiger partial charge in [0.1, 0.15) is 6.33 Å². The van der Waals surface area contributed by atoms with Crippen LogP contribution in [0.25, 0.3) is 28.5 Å². The first-order chi connectivity index (χ1) is 10.4. The molecule has 0 N–H and O–H groups in total. The number of rotatable bonds is 2. The van der Waals surface area contributed by atoms with Crippen molar-refractivity contribution in [3.05, 3.63) is 78.3 Å². The van der Waals surface area contributed by atoms with Crippen LogP contribution in [0.15, 0.2) is 67.0 Å². The van der Waals surface area contributed by atoms with Crippen LogP contribution in [-0.2, 0) is 6.42 Å². The molecule has 2 aromatic carbocycles. The summed E-state index contributed by atoms with van der Waals surface area (Å²) in [6.45, 7) is 0. The van der Waals surface area contributed by atoms with Gasteiger partial charge in [-0.25, -0.2) is 9.97 Å². The Hall–Kier alpha value is -2.74. The minimum absolute atomic E-state index is 0.918. The zero-order chi connectivity index (χ0) is 14.1. The lowest BCUT2D eigenvalue weighted by Gasteiger charge is -2.09. The van der Waals surface area contributed by atoms with Gasteiger partial charge in [0.25, 0.3) is 0 Å². The predicted octanol–water partition coefficient (Wildman–Crippen LogP) is 4.38. The van der Waals surface area contributed by atoms with E-state index in [0.29, 0.717) is 0 Å². The van der Waals surface area contributed by atoms with Crippen LogP contribution in [0.1, 0.15) is 11.3 Å². The number of allylic oxidation sites excluding steroid dienone is 1. The maximum atomic E-state index is 4.50. The summed E-state index contributed by atoms with van der Waals surface area (Å²) in [6, 6.07) is 19.0. The minimum Gasteiger partial charge on any atom is -0.237 e. The van der Waals surface area contributed by atoms with Crippen molar-refractivity contribution in [2.75, 3.05) is 0 Å². The summed E-state index contributed by atoms with van der Waals surface area (Å²) >= 11 is 0. The van der Waals surface area contributed by atoms with Crippen molar-refractivity contribution in [3.63, 3.8) is 0 Å². The molecule has 1 aliphatic carbocycles. The van der Waals surface area contributed by atoms with Crippen molar-refractivity contribution in [2.45, 2.75) is 6.42 Å². The van der Waals surface area contributed by atoms with Gasteiger partial charge in [0.2, 0.25) is 0 Å². The van der Waals surface area contributed by atoms with Crippen LogP contribution in [0.4, 0.5) is 0 Å². The minimum atomic E-state index is 0.918. The fourth-order valence-electron chi connectivity index (χ4n) is 2.78. The molecule has 2 heteroatoms. The zero-order valence-corrected chi connectivity index (χ0v) is 11.5. The lowest BCUT2D eigenvalue weighted by molar-refractivity contribution is 1.10. The largest absolute Gasteiger partial charge is 0.237 e. The van der Waals surface area contributed by atoms with E-state index in [1.165, 1.54) is 16.7 Å². The molecular formula is C19H14N2. The highest BCUT2D eigenvalue weighted by Crippen LogP contribution is 2.30. The molecule has 2 nitrogen and oxygen atoms in total. The van der Waals surface area contributed by atoms with Gasteiger partial charge in [-0.15, -0.1) is 0 Å². The Kier molecular flexibility index (Phi) is 2.86. The van der Waals surface area contributed by atoms with Gasteiger partial charge >= 0.3 is 0 Å². The summed E-state index contributed by atoms with van der Waals surface area (Å²) in [5.41, 5.74) is 6.91. The Morgan fingerprint density at radius 3 is 2.48 bits per heavy atom. The molecule has 0 saturated heterocycles. The zero-order valence-electron chi connectivity index (χ0n) is 11.5. The molecule has 0 atom stereocenters. The highest BCUT2D eigenvalue weighted by molar-refractivity contribution is 5.75. The summed E-state index contributed by atoms with van der Waals surface area (Å²) in [6.07, 6.45) is 6.78. The summed E-state index contributed by atoms with van der Waals surface area (Å²) in [4.78, 5) is 8.83. The second kappa shape index (κ2) is 4.98. The Bertz CT molecular complexity index is 820. The van der Waals surface area contributed by atoms with E-state index in [1.807, 2.05) is 6.07 Å². The van der Waals surface area contributed by atoms with Crippen molar-refractivity contribution >= 4 is 6.08 Å². The smallest absolute Gasteiger partial charge is 0.116 e. The highest BCUT2D eigenvalue weighted by atomic mass is 14.8. The molecule has 4 rings (SSSR count). The maximum absolute atomic E-state index is 4.50. The standard InChI is InChI=1S/C19H14N2/c1-2-6-14(7-3-1)15-8-4-9-16(12-15)19-17-10-5-11-18(17)20-13-21-19/h1-9,11-13H,10H2. The summed E-state index contributed by atoms with van der Waals surface area (Å²) in [5.74, 6) is 0. The second-order valence-electron chi connectivity index (χ2n) is 5.14. The maximum Gasteiger partial charge on any atom is 0.116 e.